The molecule has 0 bridgehead atoms. The lowest BCUT2D eigenvalue weighted by molar-refractivity contribution is 0.171. The quantitative estimate of drug-likeness (QED) is 0.691. The van der Waals surface area contributed by atoms with Crippen LogP contribution in [0.4, 0.5) is 10.8 Å². The topological polar surface area (TPSA) is 43.4 Å². The van der Waals surface area contributed by atoms with Gasteiger partial charge in [-0.3, -0.25) is 0 Å². The van der Waals surface area contributed by atoms with Crippen molar-refractivity contribution in [1.29, 1.82) is 0 Å². The Morgan fingerprint density at radius 3 is 2.75 bits per heavy atom. The van der Waals surface area contributed by atoms with Crippen molar-refractivity contribution in [1.82, 2.24) is 4.98 Å². The highest BCUT2D eigenvalue weighted by Gasteiger charge is 2.12. The lowest BCUT2D eigenvalue weighted by Crippen LogP contribution is -2.15. The van der Waals surface area contributed by atoms with E-state index in [2.05, 4.69) is 10.3 Å². The molecule has 0 aliphatic carbocycles. The van der Waals surface area contributed by atoms with Crippen LogP contribution in [0.1, 0.15) is 5.56 Å². The van der Waals surface area contributed by atoms with E-state index in [4.69, 9.17) is 21.1 Å². The number of aryl methyl sites for hydroxylation is 1. The molecule has 3 aromatic rings. The molecule has 1 aliphatic heterocycles. The first-order chi connectivity index (χ1) is 11.7. The molecule has 0 amide bonds. The summed E-state index contributed by atoms with van der Waals surface area (Å²) in [5.41, 5.74) is 3.89. The van der Waals surface area contributed by atoms with Crippen LogP contribution < -0.4 is 14.8 Å². The fraction of sp³-hybridized carbons (Fsp3) is 0.167. The molecular weight excluding hydrogens is 344 g/mol. The molecule has 122 valence electrons. The van der Waals surface area contributed by atoms with Crippen molar-refractivity contribution in [3.05, 3.63) is 52.4 Å². The van der Waals surface area contributed by atoms with Crippen LogP contribution in [0.25, 0.3) is 11.3 Å². The van der Waals surface area contributed by atoms with E-state index < -0.39 is 0 Å². The lowest BCUT2D eigenvalue weighted by Gasteiger charge is -2.18. The number of hydrogen-bond donors (Lipinski definition) is 1. The average Bonchev–Trinajstić information content (AvgIpc) is 3.06. The second kappa shape index (κ2) is 6.34. The zero-order valence-corrected chi connectivity index (χ0v) is 14.6. The number of nitrogens with zero attached hydrogens (tertiary/aromatic N) is 1. The third-order valence-corrected chi connectivity index (χ3v) is 4.93. The molecule has 1 N–H and O–H groups in total. The maximum atomic E-state index is 6.20. The van der Waals surface area contributed by atoms with Crippen molar-refractivity contribution in [3.8, 4) is 22.8 Å². The number of fused-ring (bicyclic) bond motifs is 1. The molecule has 0 spiro atoms. The maximum absolute atomic E-state index is 6.20. The summed E-state index contributed by atoms with van der Waals surface area (Å²) in [5, 5.41) is 6.89. The largest absolute Gasteiger partial charge is 0.486 e. The van der Waals surface area contributed by atoms with E-state index >= 15 is 0 Å². The van der Waals surface area contributed by atoms with Crippen LogP contribution in [0.2, 0.25) is 5.02 Å². The number of benzene rings is 2. The molecule has 0 unspecified atom stereocenters. The van der Waals surface area contributed by atoms with E-state index in [0.29, 0.717) is 13.2 Å². The van der Waals surface area contributed by atoms with E-state index in [1.807, 2.05) is 48.7 Å². The van der Waals surface area contributed by atoms with Gasteiger partial charge in [0.15, 0.2) is 16.6 Å². The maximum Gasteiger partial charge on any atom is 0.187 e. The molecule has 2 heterocycles. The lowest BCUT2D eigenvalue weighted by atomic mass is 10.1. The van der Waals surface area contributed by atoms with Gasteiger partial charge in [-0.2, -0.15) is 0 Å². The highest BCUT2D eigenvalue weighted by molar-refractivity contribution is 7.14. The van der Waals surface area contributed by atoms with E-state index in [9.17, 15) is 0 Å². The molecule has 1 aliphatic rings. The van der Waals surface area contributed by atoms with Crippen LogP contribution in [0.15, 0.2) is 41.8 Å². The fourth-order valence-electron chi connectivity index (χ4n) is 2.46. The number of rotatable bonds is 3. The van der Waals surface area contributed by atoms with Gasteiger partial charge in [-0.15, -0.1) is 11.3 Å². The summed E-state index contributed by atoms with van der Waals surface area (Å²) in [5.74, 6) is 1.54. The first kappa shape index (κ1) is 15.3. The minimum absolute atomic E-state index is 0.575. The van der Waals surface area contributed by atoms with Crippen molar-refractivity contribution >= 4 is 33.8 Å². The second-order valence-corrected chi connectivity index (χ2v) is 6.75. The second-order valence-electron chi connectivity index (χ2n) is 5.49. The fourth-order valence-corrected chi connectivity index (χ4v) is 3.38. The number of nitrogens with one attached hydrogen (secondary N) is 1. The van der Waals surface area contributed by atoms with Crippen LogP contribution in [0.5, 0.6) is 11.5 Å². The molecule has 6 heteroatoms. The Labute approximate surface area is 149 Å². The smallest absolute Gasteiger partial charge is 0.187 e. The Morgan fingerprint density at radius 1 is 1.08 bits per heavy atom. The van der Waals surface area contributed by atoms with Gasteiger partial charge >= 0.3 is 0 Å². The van der Waals surface area contributed by atoms with Crippen molar-refractivity contribution in [2.24, 2.45) is 0 Å². The monoisotopic (exact) mass is 358 g/mol. The van der Waals surface area contributed by atoms with Gasteiger partial charge in [-0.25, -0.2) is 4.98 Å². The molecule has 2 aromatic carbocycles. The number of ether oxygens (including phenoxy) is 2. The SMILES string of the molecule is Cc1ccc(-c2csc(Nc3ccc4c(c3)OCCO4)n2)cc1Cl. The van der Waals surface area contributed by atoms with Crippen molar-refractivity contribution in [3.63, 3.8) is 0 Å². The van der Waals surface area contributed by atoms with Crippen molar-refractivity contribution in [2.75, 3.05) is 18.5 Å². The third kappa shape index (κ3) is 3.05. The molecule has 0 fully saturated rings. The average molecular weight is 359 g/mol. The molecule has 0 radical (unpaired) electrons. The summed E-state index contributed by atoms with van der Waals surface area (Å²) in [7, 11) is 0. The van der Waals surface area contributed by atoms with Crippen LogP contribution in [-0.2, 0) is 0 Å². The minimum Gasteiger partial charge on any atom is -0.486 e. The Bertz CT molecular complexity index is 894. The molecule has 1 aromatic heterocycles. The predicted molar refractivity (Wildman–Crippen MR) is 98.0 cm³/mol. The summed E-state index contributed by atoms with van der Waals surface area (Å²) < 4.78 is 11.1. The Balaban J connectivity index is 1.56. The first-order valence-corrected chi connectivity index (χ1v) is 8.83. The highest BCUT2D eigenvalue weighted by Crippen LogP contribution is 2.35. The molecule has 0 saturated heterocycles. The summed E-state index contributed by atoms with van der Waals surface area (Å²) in [6.07, 6.45) is 0. The highest BCUT2D eigenvalue weighted by atomic mass is 35.5. The zero-order valence-electron chi connectivity index (χ0n) is 13.0. The standard InChI is InChI=1S/C18H15ClN2O2S/c1-11-2-3-12(8-14(11)19)15-10-24-18(21-15)20-13-4-5-16-17(9-13)23-7-6-22-16/h2-5,8-10H,6-7H2,1H3,(H,20,21). The van der Waals surface area contributed by atoms with Gasteiger partial charge in [0.05, 0.1) is 5.69 Å². The van der Waals surface area contributed by atoms with Gasteiger partial charge in [-0.1, -0.05) is 23.7 Å². The van der Waals surface area contributed by atoms with Crippen LogP contribution in [0, 0.1) is 6.92 Å². The van der Waals surface area contributed by atoms with Crippen LogP contribution in [0.3, 0.4) is 0 Å². The Hall–Kier alpha value is -2.24. The summed E-state index contributed by atoms with van der Waals surface area (Å²) in [6, 6.07) is 11.8. The number of anilines is 2. The molecule has 0 atom stereocenters. The van der Waals surface area contributed by atoms with Crippen LogP contribution >= 0.6 is 22.9 Å². The molecule has 4 nitrogen and oxygen atoms in total. The molecular formula is C18H15ClN2O2S. The van der Waals surface area contributed by atoms with Crippen molar-refractivity contribution < 1.29 is 9.47 Å². The Morgan fingerprint density at radius 2 is 1.92 bits per heavy atom. The zero-order chi connectivity index (χ0) is 16.5. The number of aromatic nitrogens is 1. The summed E-state index contributed by atoms with van der Waals surface area (Å²) >= 11 is 7.75. The normalized spacial score (nSPS) is 12.9. The van der Waals surface area contributed by atoms with E-state index in [-0.39, 0.29) is 0 Å². The van der Waals surface area contributed by atoms with Gasteiger partial charge < -0.3 is 14.8 Å². The Kier molecular flexibility index (Phi) is 4.04. The number of thiazole rings is 1. The summed E-state index contributed by atoms with van der Waals surface area (Å²) in [4.78, 5) is 4.64. The first-order valence-electron chi connectivity index (χ1n) is 7.58. The van der Waals surface area contributed by atoms with Gasteiger partial charge in [0.2, 0.25) is 0 Å². The van der Waals surface area contributed by atoms with Gasteiger partial charge in [0, 0.05) is 27.7 Å². The predicted octanol–water partition coefficient (Wildman–Crippen LogP) is 5.29. The molecule has 0 saturated carbocycles. The minimum atomic E-state index is 0.575. The number of halogens is 1. The van der Waals surface area contributed by atoms with Gasteiger partial charge in [-0.05, 0) is 30.7 Å². The van der Waals surface area contributed by atoms with Crippen LogP contribution in [-0.4, -0.2) is 18.2 Å². The van der Waals surface area contributed by atoms with Crippen molar-refractivity contribution in [2.45, 2.75) is 6.92 Å². The van der Waals surface area contributed by atoms with E-state index in [0.717, 1.165) is 44.2 Å². The molecule has 24 heavy (non-hydrogen) atoms. The van der Waals surface area contributed by atoms with E-state index in [1.54, 1.807) is 11.3 Å². The van der Waals surface area contributed by atoms with Gasteiger partial charge in [0.1, 0.15) is 13.2 Å². The van der Waals surface area contributed by atoms with Gasteiger partial charge in [0.25, 0.3) is 0 Å². The third-order valence-electron chi connectivity index (χ3n) is 3.77. The summed E-state index contributed by atoms with van der Waals surface area (Å²) in [6.45, 7) is 3.16. The van der Waals surface area contributed by atoms with E-state index in [1.165, 1.54) is 0 Å². The number of hydrogen-bond acceptors (Lipinski definition) is 5. The molecule has 4 rings (SSSR count).